The van der Waals surface area contributed by atoms with E-state index >= 15 is 0 Å². The van der Waals surface area contributed by atoms with Crippen molar-refractivity contribution in [3.63, 3.8) is 0 Å². The van der Waals surface area contributed by atoms with Gasteiger partial charge in [-0.25, -0.2) is 9.69 Å². The van der Waals surface area contributed by atoms with Gasteiger partial charge in [0.15, 0.2) is 0 Å². The third-order valence-corrected chi connectivity index (χ3v) is 5.53. The van der Waals surface area contributed by atoms with E-state index in [0.717, 1.165) is 29.2 Å². The number of imide groups is 1. The number of anilines is 2. The van der Waals surface area contributed by atoms with Crippen LogP contribution in [0.25, 0.3) is 0 Å². The van der Waals surface area contributed by atoms with Crippen LogP contribution in [0.3, 0.4) is 0 Å². The summed E-state index contributed by atoms with van der Waals surface area (Å²) >= 11 is 0. The largest absolute Gasteiger partial charge is 0.480 e. The second-order valence-electron chi connectivity index (χ2n) is 7.90. The van der Waals surface area contributed by atoms with Crippen molar-refractivity contribution in [1.82, 2.24) is 0 Å². The maximum Gasteiger partial charge on any atom is 0.326 e. The predicted octanol–water partition coefficient (Wildman–Crippen LogP) is 2.16. The van der Waals surface area contributed by atoms with Gasteiger partial charge in [-0.1, -0.05) is 6.07 Å². The second kappa shape index (κ2) is 11.2. The zero-order valence-corrected chi connectivity index (χ0v) is 19.2. The monoisotopic (exact) mass is 511 g/mol. The van der Waals surface area contributed by atoms with Gasteiger partial charge >= 0.3 is 5.97 Å². The van der Waals surface area contributed by atoms with E-state index in [1.54, 1.807) is 0 Å². The van der Waals surface area contributed by atoms with Crippen molar-refractivity contribution in [2.45, 2.75) is 25.3 Å². The molecule has 3 amide bonds. The number of nitrogens with zero attached hydrogens (tertiary/aromatic N) is 4. The average molecular weight is 511 g/mol. The fraction of sp³-hybridized carbons (Fsp3) is 0.217. The minimum absolute atomic E-state index is 0.0269. The van der Waals surface area contributed by atoms with Crippen LogP contribution < -0.4 is 15.5 Å². The van der Waals surface area contributed by atoms with E-state index in [4.69, 9.17) is 5.73 Å². The predicted molar refractivity (Wildman–Crippen MR) is 129 cm³/mol. The lowest BCUT2D eigenvalue weighted by Gasteiger charge is -2.29. The average Bonchev–Trinajstić information content (AvgIpc) is 3.20. The molecule has 0 radical (unpaired) electrons. The number of carboxylic acids is 1. The van der Waals surface area contributed by atoms with Crippen molar-refractivity contribution < 1.29 is 34.1 Å². The van der Waals surface area contributed by atoms with Crippen molar-refractivity contribution >= 4 is 46.4 Å². The Hall–Kier alpha value is -4.98. The zero-order chi connectivity index (χ0) is 27.3. The van der Waals surface area contributed by atoms with Crippen molar-refractivity contribution in [3.8, 4) is 0 Å². The molecule has 14 nitrogen and oxygen atoms in total. The highest BCUT2D eigenvalue weighted by atomic mass is 16.6. The lowest BCUT2D eigenvalue weighted by molar-refractivity contribution is -0.393. The summed E-state index contributed by atoms with van der Waals surface area (Å²) in [6, 6.07) is 6.10. The Balaban J connectivity index is 2.16. The number of hydrogen-bond donors (Lipinski definition) is 2. The third kappa shape index (κ3) is 5.65. The Kier molecular flexibility index (Phi) is 8.04. The molecule has 0 saturated heterocycles. The number of nitrogens with two attached hydrogens (primary N) is 1. The summed E-state index contributed by atoms with van der Waals surface area (Å²) in [5.74, 6) is -3.76. The van der Waals surface area contributed by atoms with Crippen molar-refractivity contribution in [2.75, 3.05) is 16.3 Å². The quantitative estimate of drug-likeness (QED) is 0.194. The number of carboxylic acid groups (broad SMARTS) is 1. The van der Waals surface area contributed by atoms with Crippen LogP contribution in [0.4, 0.5) is 22.7 Å². The molecule has 0 bridgehead atoms. The number of nitro benzene ring substituents is 2. The standard InChI is InChI=1S/C23H21N5O9/c24-11-2-1-6-18(23(32)33)26(17-8-7-16(27(34)35)13-19(17)28(36)37)22(31)14-4-3-5-15(12-14)25-20(29)9-10-21(25)30/h3-5,7-10,12-13,18H,1-2,6,11,24H2,(H,32,33)/t18-/m0/s1. The van der Waals surface area contributed by atoms with E-state index in [1.165, 1.54) is 24.3 Å². The lowest BCUT2D eigenvalue weighted by atomic mass is 10.0. The number of rotatable bonds is 11. The van der Waals surface area contributed by atoms with Gasteiger partial charge in [-0.3, -0.25) is 39.5 Å². The van der Waals surface area contributed by atoms with Gasteiger partial charge in [-0.15, -0.1) is 0 Å². The van der Waals surface area contributed by atoms with Gasteiger partial charge in [0.2, 0.25) is 0 Å². The molecule has 3 N–H and O–H groups in total. The van der Waals surface area contributed by atoms with Crippen LogP contribution in [0.5, 0.6) is 0 Å². The van der Waals surface area contributed by atoms with Crippen LogP contribution in [0.15, 0.2) is 54.6 Å². The Morgan fingerprint density at radius 2 is 1.68 bits per heavy atom. The topological polar surface area (TPSA) is 207 Å². The number of unbranched alkanes of at least 4 members (excludes halogenated alkanes) is 1. The molecule has 1 heterocycles. The van der Waals surface area contributed by atoms with Gasteiger partial charge in [0.25, 0.3) is 29.1 Å². The van der Waals surface area contributed by atoms with Crippen LogP contribution in [-0.4, -0.2) is 51.2 Å². The van der Waals surface area contributed by atoms with E-state index in [0.29, 0.717) is 17.4 Å². The Bertz CT molecular complexity index is 1310. The molecule has 1 aliphatic rings. The van der Waals surface area contributed by atoms with Gasteiger partial charge in [-0.05, 0) is 50.1 Å². The maximum atomic E-state index is 13.7. The van der Waals surface area contributed by atoms with Gasteiger partial charge in [0, 0.05) is 23.8 Å². The number of carbonyl (C=O) groups is 4. The number of benzene rings is 2. The molecule has 3 rings (SSSR count). The normalized spacial score (nSPS) is 13.5. The molecule has 0 saturated carbocycles. The minimum Gasteiger partial charge on any atom is -0.480 e. The minimum atomic E-state index is -1.60. The van der Waals surface area contributed by atoms with Crippen LogP contribution in [0, 0.1) is 20.2 Å². The first-order chi connectivity index (χ1) is 17.6. The smallest absolute Gasteiger partial charge is 0.326 e. The zero-order valence-electron chi connectivity index (χ0n) is 19.2. The van der Waals surface area contributed by atoms with E-state index < -0.39 is 56.6 Å². The van der Waals surface area contributed by atoms with E-state index in [2.05, 4.69) is 0 Å². The highest BCUT2D eigenvalue weighted by Crippen LogP contribution is 2.35. The van der Waals surface area contributed by atoms with Crippen LogP contribution in [-0.2, 0) is 14.4 Å². The van der Waals surface area contributed by atoms with Gasteiger partial charge in [0.05, 0.1) is 21.6 Å². The first-order valence-electron chi connectivity index (χ1n) is 10.9. The number of hydrogen-bond acceptors (Lipinski definition) is 9. The molecule has 1 aliphatic heterocycles. The molecule has 37 heavy (non-hydrogen) atoms. The molecule has 0 spiro atoms. The van der Waals surface area contributed by atoms with Crippen molar-refractivity contribution in [1.29, 1.82) is 0 Å². The number of non-ortho nitro benzene ring substituents is 1. The van der Waals surface area contributed by atoms with Crippen molar-refractivity contribution in [2.24, 2.45) is 5.73 Å². The van der Waals surface area contributed by atoms with Crippen LogP contribution >= 0.6 is 0 Å². The SMILES string of the molecule is NCCCC[C@@H](C(=O)O)N(C(=O)c1cccc(N2C(=O)C=CC2=O)c1)c1ccc([N+](=O)[O-])cc1[N+](=O)[O-]. The second-order valence-corrected chi connectivity index (χ2v) is 7.90. The number of aliphatic carboxylic acids is 1. The van der Waals surface area contributed by atoms with E-state index in [1.807, 2.05) is 0 Å². The molecule has 1 atom stereocenters. The lowest BCUT2D eigenvalue weighted by Crippen LogP contribution is -2.46. The molecular weight excluding hydrogens is 490 g/mol. The molecule has 0 unspecified atom stereocenters. The van der Waals surface area contributed by atoms with E-state index in [9.17, 15) is 44.5 Å². The number of amides is 3. The summed E-state index contributed by atoms with van der Waals surface area (Å²) in [5.41, 5.74) is 3.39. The summed E-state index contributed by atoms with van der Waals surface area (Å²) in [5, 5.41) is 32.9. The van der Waals surface area contributed by atoms with Crippen LogP contribution in [0.2, 0.25) is 0 Å². The number of nitro groups is 2. The first-order valence-corrected chi connectivity index (χ1v) is 10.9. The van der Waals surface area contributed by atoms with Gasteiger partial charge in [-0.2, -0.15) is 0 Å². The maximum absolute atomic E-state index is 13.7. The third-order valence-electron chi connectivity index (χ3n) is 5.53. The summed E-state index contributed by atoms with van der Waals surface area (Å²) in [6.45, 7) is 0.242. The molecule has 192 valence electrons. The fourth-order valence-electron chi connectivity index (χ4n) is 3.81. The first kappa shape index (κ1) is 26.6. The molecular formula is C23H21N5O9. The fourth-order valence-corrected chi connectivity index (χ4v) is 3.81. The summed E-state index contributed by atoms with van der Waals surface area (Å²) in [6.07, 6.45) is 2.64. The molecule has 2 aromatic rings. The highest BCUT2D eigenvalue weighted by molar-refractivity contribution is 6.28. The number of carbonyl (C=O) groups excluding carboxylic acids is 3. The molecule has 0 fully saturated rings. The summed E-state index contributed by atoms with van der Waals surface area (Å²) in [7, 11) is 0. The van der Waals surface area contributed by atoms with E-state index in [-0.39, 0.29) is 30.6 Å². The van der Waals surface area contributed by atoms with Crippen LogP contribution in [0.1, 0.15) is 29.6 Å². The van der Waals surface area contributed by atoms with Gasteiger partial charge in [0.1, 0.15) is 11.7 Å². The Morgan fingerprint density at radius 1 is 1.00 bits per heavy atom. The summed E-state index contributed by atoms with van der Waals surface area (Å²) < 4.78 is 0. The molecule has 0 aromatic heterocycles. The molecule has 2 aromatic carbocycles. The van der Waals surface area contributed by atoms with Gasteiger partial charge < -0.3 is 10.8 Å². The molecule has 0 aliphatic carbocycles. The Labute approximate surface area is 208 Å². The summed E-state index contributed by atoms with van der Waals surface area (Å²) in [4.78, 5) is 72.8. The highest BCUT2D eigenvalue weighted by Gasteiger charge is 2.37. The Morgan fingerprint density at radius 3 is 2.24 bits per heavy atom. The van der Waals surface area contributed by atoms with Crippen molar-refractivity contribution in [3.05, 3.63) is 80.4 Å². The molecule has 14 heteroatoms.